The number of anilines is 1. The molecule has 0 saturated carbocycles. The van der Waals surface area contributed by atoms with Crippen molar-refractivity contribution in [3.8, 4) is 11.5 Å². The Balaban J connectivity index is 1.86. The summed E-state index contributed by atoms with van der Waals surface area (Å²) in [5.41, 5.74) is 2.30. The third-order valence-electron chi connectivity index (χ3n) is 3.57. The van der Waals surface area contributed by atoms with E-state index in [2.05, 4.69) is 52.4 Å². The third-order valence-corrected chi connectivity index (χ3v) is 4.23. The van der Waals surface area contributed by atoms with Crippen molar-refractivity contribution in [1.29, 1.82) is 0 Å². The van der Waals surface area contributed by atoms with E-state index in [0.717, 1.165) is 28.1 Å². The Morgan fingerprint density at radius 1 is 1.10 bits per heavy atom. The van der Waals surface area contributed by atoms with E-state index < -0.39 is 0 Å². The third kappa shape index (κ3) is 3.16. The van der Waals surface area contributed by atoms with Crippen LogP contribution in [0, 0.1) is 0 Å². The summed E-state index contributed by atoms with van der Waals surface area (Å²) in [6.07, 6.45) is 1.00. The van der Waals surface area contributed by atoms with Crippen molar-refractivity contribution >= 4 is 21.6 Å². The van der Waals surface area contributed by atoms with Crippen molar-refractivity contribution in [3.63, 3.8) is 0 Å². The Bertz CT molecular complexity index is 616. The van der Waals surface area contributed by atoms with Crippen LogP contribution in [-0.2, 0) is 0 Å². The number of nitrogens with one attached hydrogen (secondary N) is 1. The van der Waals surface area contributed by atoms with Gasteiger partial charge in [-0.25, -0.2) is 0 Å². The largest absolute Gasteiger partial charge is 0.486 e. The molecular formula is C17H18BrNO2. The number of fused-ring (bicyclic) bond motifs is 1. The molecule has 3 rings (SSSR count). The topological polar surface area (TPSA) is 30.5 Å². The molecule has 110 valence electrons. The molecule has 4 heteroatoms. The first-order valence-electron chi connectivity index (χ1n) is 7.18. The van der Waals surface area contributed by atoms with Crippen molar-refractivity contribution in [1.82, 2.24) is 0 Å². The summed E-state index contributed by atoms with van der Waals surface area (Å²) in [7, 11) is 0. The van der Waals surface area contributed by atoms with Crippen LogP contribution in [0.3, 0.4) is 0 Å². The van der Waals surface area contributed by atoms with Crippen LogP contribution in [0.5, 0.6) is 11.5 Å². The van der Waals surface area contributed by atoms with Crippen LogP contribution in [0.1, 0.15) is 24.9 Å². The molecular weight excluding hydrogens is 330 g/mol. The van der Waals surface area contributed by atoms with Crippen molar-refractivity contribution in [2.24, 2.45) is 0 Å². The molecule has 1 aliphatic heterocycles. The predicted molar refractivity (Wildman–Crippen MR) is 88.2 cm³/mol. The van der Waals surface area contributed by atoms with Gasteiger partial charge >= 0.3 is 0 Å². The normalized spacial score (nSPS) is 14.6. The van der Waals surface area contributed by atoms with Gasteiger partial charge in [0.25, 0.3) is 0 Å². The average Bonchev–Trinajstić information content (AvgIpc) is 2.53. The zero-order valence-electron chi connectivity index (χ0n) is 11.9. The summed E-state index contributed by atoms with van der Waals surface area (Å²) >= 11 is 3.61. The van der Waals surface area contributed by atoms with E-state index in [0.29, 0.717) is 13.2 Å². The summed E-state index contributed by atoms with van der Waals surface area (Å²) in [4.78, 5) is 0. The molecule has 2 aromatic carbocycles. The van der Waals surface area contributed by atoms with Crippen LogP contribution < -0.4 is 14.8 Å². The van der Waals surface area contributed by atoms with Gasteiger partial charge in [0.05, 0.1) is 11.7 Å². The molecule has 1 atom stereocenters. The molecule has 0 amide bonds. The maximum atomic E-state index is 5.65. The Kier molecular flexibility index (Phi) is 4.34. The molecule has 0 saturated heterocycles. The number of hydrogen-bond acceptors (Lipinski definition) is 3. The molecule has 0 spiro atoms. The highest BCUT2D eigenvalue weighted by Crippen LogP contribution is 2.39. The van der Waals surface area contributed by atoms with E-state index in [9.17, 15) is 0 Å². The quantitative estimate of drug-likeness (QED) is 0.862. The van der Waals surface area contributed by atoms with Crippen molar-refractivity contribution < 1.29 is 9.47 Å². The highest BCUT2D eigenvalue weighted by atomic mass is 79.9. The van der Waals surface area contributed by atoms with Crippen LogP contribution in [0.2, 0.25) is 0 Å². The van der Waals surface area contributed by atoms with Crippen molar-refractivity contribution in [2.75, 3.05) is 18.5 Å². The first-order chi connectivity index (χ1) is 10.3. The van der Waals surface area contributed by atoms with E-state index in [1.807, 2.05) is 18.2 Å². The minimum absolute atomic E-state index is 0.269. The SMILES string of the molecule is CCC(Nc1cc2c(cc1Br)OCCO2)c1ccccc1. The van der Waals surface area contributed by atoms with Gasteiger partial charge in [-0.05, 0) is 27.9 Å². The lowest BCUT2D eigenvalue weighted by Gasteiger charge is -2.23. The fourth-order valence-corrected chi connectivity index (χ4v) is 2.91. The van der Waals surface area contributed by atoms with Crippen LogP contribution >= 0.6 is 15.9 Å². The molecule has 0 bridgehead atoms. The summed E-state index contributed by atoms with van der Waals surface area (Å²) in [5, 5.41) is 3.58. The molecule has 1 unspecified atom stereocenters. The number of halogens is 1. The zero-order valence-corrected chi connectivity index (χ0v) is 13.5. The standard InChI is InChI=1S/C17H18BrNO2/c1-2-14(12-6-4-3-5-7-12)19-15-11-17-16(10-13(15)18)20-8-9-21-17/h3-7,10-11,14,19H,2,8-9H2,1H3. The molecule has 1 heterocycles. The first-order valence-corrected chi connectivity index (χ1v) is 7.98. The van der Waals surface area contributed by atoms with Gasteiger partial charge in [-0.3, -0.25) is 0 Å². The minimum atomic E-state index is 0.269. The molecule has 0 aromatic heterocycles. The predicted octanol–water partition coefficient (Wildman–Crippen LogP) is 4.78. The monoisotopic (exact) mass is 347 g/mol. The van der Waals surface area contributed by atoms with Crippen LogP contribution in [0.25, 0.3) is 0 Å². The van der Waals surface area contributed by atoms with E-state index in [-0.39, 0.29) is 6.04 Å². The second kappa shape index (κ2) is 6.39. The fraction of sp³-hybridized carbons (Fsp3) is 0.294. The van der Waals surface area contributed by atoms with Crippen molar-refractivity contribution in [3.05, 3.63) is 52.5 Å². The smallest absolute Gasteiger partial charge is 0.163 e. The van der Waals surface area contributed by atoms with E-state index in [1.165, 1.54) is 5.56 Å². The lowest BCUT2D eigenvalue weighted by molar-refractivity contribution is 0.171. The van der Waals surface area contributed by atoms with Gasteiger partial charge in [-0.2, -0.15) is 0 Å². The van der Waals surface area contributed by atoms with Crippen LogP contribution in [0.4, 0.5) is 5.69 Å². The minimum Gasteiger partial charge on any atom is -0.486 e. The number of ether oxygens (including phenoxy) is 2. The average molecular weight is 348 g/mol. The van der Waals surface area contributed by atoms with Gasteiger partial charge < -0.3 is 14.8 Å². The number of hydrogen-bond donors (Lipinski definition) is 1. The molecule has 0 radical (unpaired) electrons. The van der Waals surface area contributed by atoms with Gasteiger partial charge in [-0.1, -0.05) is 37.3 Å². The maximum Gasteiger partial charge on any atom is 0.163 e. The second-order valence-electron chi connectivity index (χ2n) is 4.99. The van der Waals surface area contributed by atoms with Gasteiger partial charge in [-0.15, -0.1) is 0 Å². The maximum absolute atomic E-state index is 5.65. The van der Waals surface area contributed by atoms with Crippen LogP contribution in [0.15, 0.2) is 46.9 Å². The van der Waals surface area contributed by atoms with Gasteiger partial charge in [0.2, 0.25) is 0 Å². The Morgan fingerprint density at radius 3 is 2.43 bits per heavy atom. The van der Waals surface area contributed by atoms with Crippen LogP contribution in [-0.4, -0.2) is 13.2 Å². The molecule has 21 heavy (non-hydrogen) atoms. The van der Waals surface area contributed by atoms with Gasteiger partial charge in [0.1, 0.15) is 13.2 Å². The summed E-state index contributed by atoms with van der Waals surface area (Å²) < 4.78 is 12.2. The molecule has 0 fully saturated rings. The Hall–Kier alpha value is -1.68. The Morgan fingerprint density at radius 2 is 1.76 bits per heavy atom. The lowest BCUT2D eigenvalue weighted by Crippen LogP contribution is -2.16. The number of rotatable bonds is 4. The van der Waals surface area contributed by atoms with E-state index in [1.54, 1.807) is 0 Å². The highest BCUT2D eigenvalue weighted by molar-refractivity contribution is 9.10. The molecule has 3 nitrogen and oxygen atoms in total. The first kappa shape index (κ1) is 14.3. The van der Waals surface area contributed by atoms with Gasteiger partial charge in [0.15, 0.2) is 11.5 Å². The molecule has 2 aromatic rings. The van der Waals surface area contributed by atoms with Crippen molar-refractivity contribution in [2.45, 2.75) is 19.4 Å². The second-order valence-corrected chi connectivity index (χ2v) is 5.85. The summed E-state index contributed by atoms with van der Waals surface area (Å²) in [6.45, 7) is 3.38. The molecule has 1 aliphatic rings. The summed E-state index contributed by atoms with van der Waals surface area (Å²) in [5.74, 6) is 1.60. The zero-order chi connectivity index (χ0) is 14.7. The number of benzene rings is 2. The fourth-order valence-electron chi connectivity index (χ4n) is 2.47. The highest BCUT2D eigenvalue weighted by Gasteiger charge is 2.17. The van der Waals surface area contributed by atoms with E-state index >= 15 is 0 Å². The van der Waals surface area contributed by atoms with E-state index in [4.69, 9.17) is 9.47 Å². The van der Waals surface area contributed by atoms with Gasteiger partial charge in [0, 0.05) is 16.6 Å². The molecule has 1 N–H and O–H groups in total. The Labute approximate surface area is 133 Å². The lowest BCUT2D eigenvalue weighted by atomic mass is 10.0. The summed E-state index contributed by atoms with van der Waals surface area (Å²) in [6, 6.07) is 14.7. The molecule has 0 aliphatic carbocycles.